The van der Waals surface area contributed by atoms with Crippen LogP contribution in [0.3, 0.4) is 0 Å². The highest BCUT2D eigenvalue weighted by Crippen LogP contribution is 2.57. The molecule has 16 nitrogen and oxygen atoms in total. The monoisotopic (exact) mass is 984 g/mol. The zero-order valence-corrected chi connectivity index (χ0v) is 40.7. The summed E-state index contributed by atoms with van der Waals surface area (Å²) in [5, 5.41) is 0. The Morgan fingerprint density at radius 1 is 0.465 bits per heavy atom. The summed E-state index contributed by atoms with van der Waals surface area (Å²) in [5.41, 5.74) is 3.39. The molecule has 2 aromatic rings. The molecule has 6 aliphatic carbocycles. The molecule has 8 rings (SSSR count). The van der Waals surface area contributed by atoms with Crippen molar-refractivity contribution in [1.82, 2.24) is 0 Å². The third kappa shape index (κ3) is 13.4. The van der Waals surface area contributed by atoms with E-state index in [1.54, 1.807) is 12.1 Å². The number of benzene rings is 2. The van der Waals surface area contributed by atoms with Crippen LogP contribution >= 0.6 is 0 Å². The zero-order chi connectivity index (χ0) is 49.7. The minimum Gasteiger partial charge on any atom is -0.462 e. The molecule has 0 amide bonds. The summed E-state index contributed by atoms with van der Waals surface area (Å²) < 4.78 is 57.2. The van der Waals surface area contributed by atoms with Crippen molar-refractivity contribution in [1.29, 1.82) is 0 Å². The second-order valence-corrected chi connectivity index (χ2v) is 19.7. The number of hydrogen-bond acceptors (Lipinski definition) is 16. The lowest BCUT2D eigenvalue weighted by atomic mass is 9.76. The molecule has 1 spiro atoms. The fraction of sp³-hybridized carbons (Fsp3) is 0.600. The highest BCUT2D eigenvalue weighted by molar-refractivity contribution is 5.81. The van der Waals surface area contributed by atoms with Crippen LogP contribution in [0.2, 0.25) is 0 Å². The van der Waals surface area contributed by atoms with E-state index in [1.807, 2.05) is 12.1 Å². The Labute approximate surface area is 415 Å². The summed E-state index contributed by atoms with van der Waals surface area (Å²) in [6, 6.07) is 11.5. The largest absolute Gasteiger partial charge is 0.514 e. The smallest absolute Gasteiger partial charge is 0.462 e. The average molecular weight is 985 g/mol. The van der Waals surface area contributed by atoms with Crippen molar-refractivity contribution in [3.05, 3.63) is 84.0 Å². The Balaban J connectivity index is 0.771. The number of aryl methyl sites for hydroxylation is 2. The number of carbonyl (C=O) groups is 6. The second-order valence-electron chi connectivity index (χ2n) is 19.7. The molecule has 71 heavy (non-hydrogen) atoms. The van der Waals surface area contributed by atoms with Gasteiger partial charge in [-0.15, -0.1) is 0 Å². The molecule has 384 valence electrons. The third-order valence-corrected chi connectivity index (χ3v) is 15.3. The Morgan fingerprint density at radius 3 is 1.18 bits per heavy atom. The minimum atomic E-state index is -0.786. The highest BCUT2D eigenvalue weighted by Gasteiger charge is 2.49. The van der Waals surface area contributed by atoms with Gasteiger partial charge in [-0.05, 0) is 152 Å². The van der Waals surface area contributed by atoms with Crippen molar-refractivity contribution in [3.8, 4) is 11.5 Å². The van der Waals surface area contributed by atoms with Gasteiger partial charge in [-0.2, -0.15) is 0 Å². The number of esters is 4. The van der Waals surface area contributed by atoms with Crippen molar-refractivity contribution in [2.24, 2.45) is 11.8 Å². The quantitative estimate of drug-likeness (QED) is 0.0450. The first-order valence-corrected chi connectivity index (χ1v) is 25.7. The van der Waals surface area contributed by atoms with Crippen LogP contribution in [0.4, 0.5) is 9.59 Å². The molecule has 0 radical (unpaired) electrons. The van der Waals surface area contributed by atoms with Gasteiger partial charge in [0.25, 0.3) is 0 Å². The van der Waals surface area contributed by atoms with Gasteiger partial charge in [0.2, 0.25) is 0 Å². The van der Waals surface area contributed by atoms with Gasteiger partial charge < -0.3 is 47.4 Å². The normalized spacial score (nSPS) is 27.7. The molecule has 0 aliphatic heterocycles. The Kier molecular flexibility index (Phi) is 17.9. The molecule has 0 N–H and O–H groups in total. The van der Waals surface area contributed by atoms with Gasteiger partial charge in [-0.25, -0.2) is 19.2 Å². The van der Waals surface area contributed by atoms with E-state index in [2.05, 4.69) is 25.3 Å². The highest BCUT2D eigenvalue weighted by atomic mass is 16.7. The van der Waals surface area contributed by atoms with Crippen molar-refractivity contribution in [2.75, 3.05) is 26.4 Å². The summed E-state index contributed by atoms with van der Waals surface area (Å²) in [5.74, 6) is -0.875. The van der Waals surface area contributed by atoms with Gasteiger partial charge in [0.05, 0.1) is 37.3 Å². The summed E-state index contributed by atoms with van der Waals surface area (Å²) in [7, 11) is 0. The van der Waals surface area contributed by atoms with Crippen LogP contribution in [0.1, 0.15) is 138 Å². The van der Waals surface area contributed by atoms with Gasteiger partial charge in [-0.3, -0.25) is 9.59 Å². The molecule has 16 heteroatoms. The number of fused-ring (bicyclic) bond motifs is 4. The molecular formula is C55H68O16. The van der Waals surface area contributed by atoms with Crippen molar-refractivity contribution in [3.63, 3.8) is 0 Å². The van der Waals surface area contributed by atoms with E-state index in [9.17, 15) is 28.8 Å². The summed E-state index contributed by atoms with van der Waals surface area (Å²) >= 11 is 0. The van der Waals surface area contributed by atoms with E-state index in [0.717, 1.165) is 85.8 Å². The molecule has 0 atom stereocenters. The lowest BCUT2D eigenvalue weighted by Gasteiger charge is -2.32. The van der Waals surface area contributed by atoms with Crippen LogP contribution in [0.15, 0.2) is 61.7 Å². The first-order chi connectivity index (χ1) is 34.5. The lowest BCUT2D eigenvalue weighted by Crippen LogP contribution is -2.34. The molecule has 0 heterocycles. The van der Waals surface area contributed by atoms with E-state index >= 15 is 0 Å². The van der Waals surface area contributed by atoms with Gasteiger partial charge in [0.1, 0.15) is 49.1 Å². The maximum absolute atomic E-state index is 13.5. The fourth-order valence-corrected chi connectivity index (χ4v) is 11.6. The van der Waals surface area contributed by atoms with E-state index in [-0.39, 0.29) is 73.6 Å². The van der Waals surface area contributed by atoms with Crippen LogP contribution in [0.5, 0.6) is 11.5 Å². The number of rotatable bonds is 18. The predicted octanol–water partition coefficient (Wildman–Crippen LogP) is 9.21. The molecular weight excluding hydrogens is 917 g/mol. The first-order valence-electron chi connectivity index (χ1n) is 25.7. The van der Waals surface area contributed by atoms with Crippen LogP contribution < -0.4 is 9.47 Å². The van der Waals surface area contributed by atoms with E-state index in [4.69, 9.17) is 47.4 Å². The van der Waals surface area contributed by atoms with Gasteiger partial charge >= 0.3 is 36.2 Å². The first kappa shape index (κ1) is 51.6. The summed E-state index contributed by atoms with van der Waals surface area (Å²) in [6.45, 7) is 7.68. The van der Waals surface area contributed by atoms with E-state index < -0.39 is 29.7 Å². The standard InChI is InChI=1S/C55H68O16/c1-3-47(56)64-33-31-62-39-15-11-37(12-16-39)51(58)66-41-19-23-43(24-20-41)68-53(60)70-45-9-5-7-35-27-29-55(49(35)45)30-28-36-8-6-10-46(50(36)55)71-54(61)69-44-25-21-42(22-26-44)67-52(59)38-13-17-40(18-14-38)63-32-34-65-48(57)4-2/h3-10,37-44H,1-2,11-34H2. The molecule has 0 saturated heterocycles. The minimum absolute atomic E-state index is 0.0138. The Morgan fingerprint density at radius 2 is 0.817 bits per heavy atom. The van der Waals surface area contributed by atoms with E-state index in [1.165, 1.54) is 0 Å². The van der Waals surface area contributed by atoms with Gasteiger partial charge in [-0.1, -0.05) is 37.4 Å². The fourth-order valence-electron chi connectivity index (χ4n) is 11.6. The molecule has 0 unspecified atom stereocenters. The Hall–Kier alpha value is -5.74. The molecule has 2 aromatic carbocycles. The number of ether oxygens (including phenoxy) is 10. The molecule has 6 aliphatic rings. The van der Waals surface area contributed by atoms with Crippen molar-refractivity contribution in [2.45, 2.75) is 170 Å². The molecule has 4 fully saturated rings. The number of carbonyl (C=O) groups excluding carboxylic acids is 6. The molecule has 4 saturated carbocycles. The second kappa shape index (κ2) is 24.6. The van der Waals surface area contributed by atoms with Crippen LogP contribution in [-0.4, -0.2) is 99.2 Å². The van der Waals surface area contributed by atoms with Crippen LogP contribution in [-0.2, 0) is 75.3 Å². The Bertz CT molecular complexity index is 2070. The topological polar surface area (TPSA) is 195 Å². The zero-order valence-electron chi connectivity index (χ0n) is 40.7. The summed E-state index contributed by atoms with van der Waals surface area (Å²) in [4.78, 5) is 75.5. The maximum Gasteiger partial charge on any atom is 0.514 e. The van der Waals surface area contributed by atoms with E-state index in [0.29, 0.717) is 102 Å². The SMILES string of the molecule is C=CC(=O)OCCOC1CCC(C(=O)OC2CCC(OC(=O)Oc3cccc4c3C3(CC4)CCc4cccc(OC(=O)OC5CCC(OC(=O)C6CCC(OCCOC(=O)C=C)CC6)CC5)c43)CC2)CC1. The van der Waals surface area contributed by atoms with Crippen LogP contribution in [0, 0.1) is 11.8 Å². The van der Waals surface area contributed by atoms with Crippen LogP contribution in [0.25, 0.3) is 0 Å². The molecule has 0 bridgehead atoms. The summed E-state index contributed by atoms with van der Waals surface area (Å²) in [6.07, 6.45) is 12.5. The predicted molar refractivity (Wildman–Crippen MR) is 255 cm³/mol. The average Bonchev–Trinajstić information content (AvgIpc) is 3.96. The molecule has 0 aromatic heterocycles. The van der Waals surface area contributed by atoms with Gasteiger partial charge in [0, 0.05) is 28.7 Å². The third-order valence-electron chi connectivity index (χ3n) is 15.3. The van der Waals surface area contributed by atoms with Gasteiger partial charge in [0.15, 0.2) is 0 Å². The van der Waals surface area contributed by atoms with Crippen molar-refractivity contribution >= 4 is 36.2 Å². The number of hydrogen-bond donors (Lipinski definition) is 0. The lowest BCUT2D eigenvalue weighted by molar-refractivity contribution is -0.160. The van der Waals surface area contributed by atoms with Crippen molar-refractivity contribution < 1.29 is 76.1 Å². The maximum atomic E-state index is 13.5.